The molecule has 2 N–H and O–H groups in total. The number of nitrogens with zero attached hydrogens (tertiary/aromatic N) is 3. The predicted octanol–water partition coefficient (Wildman–Crippen LogP) is 1.23. The molecular weight excluding hydrogens is 260 g/mol. The summed E-state index contributed by atoms with van der Waals surface area (Å²) in [6, 6.07) is 2.39. The van der Waals surface area contributed by atoms with E-state index >= 15 is 0 Å². The van der Waals surface area contributed by atoms with E-state index in [-0.39, 0.29) is 11.6 Å². The van der Waals surface area contributed by atoms with Crippen molar-refractivity contribution in [1.29, 1.82) is 0 Å². The topological polar surface area (TPSA) is 95.4 Å². The van der Waals surface area contributed by atoms with Crippen molar-refractivity contribution >= 4 is 17.7 Å². The van der Waals surface area contributed by atoms with Gasteiger partial charge in [0.05, 0.1) is 0 Å². The second-order valence-corrected chi connectivity index (χ2v) is 4.68. The Kier molecular flexibility index (Phi) is 5.89. The van der Waals surface area contributed by atoms with E-state index in [2.05, 4.69) is 15.5 Å². The number of aliphatic carboxylic acids is 1. The van der Waals surface area contributed by atoms with Crippen LogP contribution in [-0.4, -0.2) is 52.2 Å². The zero-order valence-electron chi connectivity index (χ0n) is 12.0. The van der Waals surface area contributed by atoms with Crippen molar-refractivity contribution in [3.63, 3.8) is 0 Å². The Bertz CT molecular complexity index is 459. The molecule has 0 aliphatic heterocycles. The molecule has 1 atom stereocenters. The van der Waals surface area contributed by atoms with E-state index < -0.39 is 12.0 Å². The fourth-order valence-corrected chi connectivity index (χ4v) is 1.60. The molecule has 1 aromatic heterocycles. The molecule has 7 heteroatoms. The third kappa shape index (κ3) is 4.49. The first-order valence-electron chi connectivity index (χ1n) is 6.50. The minimum atomic E-state index is -0.923. The number of anilines is 1. The fraction of sp³-hybridized carbons (Fsp3) is 0.538. The lowest BCUT2D eigenvalue weighted by Gasteiger charge is -2.14. The smallest absolute Gasteiger partial charge is 0.326 e. The van der Waals surface area contributed by atoms with Gasteiger partial charge in [0.25, 0.3) is 5.91 Å². The molecule has 0 saturated heterocycles. The predicted molar refractivity (Wildman–Crippen MR) is 74.6 cm³/mol. The second kappa shape index (κ2) is 7.42. The first kappa shape index (κ1) is 15.9. The van der Waals surface area contributed by atoms with Crippen molar-refractivity contribution in [2.24, 2.45) is 0 Å². The standard InChI is InChI=1S/C13H20N4O3/c1-4-5-6-10(13(19)20)14-11-8-7-9(15-16-11)12(18)17(2)3/h7-8,10H,4-6H2,1-3H3,(H,14,16)(H,19,20). The van der Waals surface area contributed by atoms with E-state index in [1.165, 1.54) is 11.0 Å². The van der Waals surface area contributed by atoms with Crippen molar-refractivity contribution in [3.05, 3.63) is 17.8 Å². The lowest BCUT2D eigenvalue weighted by molar-refractivity contribution is -0.138. The van der Waals surface area contributed by atoms with Gasteiger partial charge in [0.15, 0.2) is 5.69 Å². The molecule has 0 spiro atoms. The van der Waals surface area contributed by atoms with Gasteiger partial charge in [-0.2, -0.15) is 0 Å². The van der Waals surface area contributed by atoms with E-state index in [1.54, 1.807) is 20.2 Å². The minimum absolute atomic E-state index is 0.223. The van der Waals surface area contributed by atoms with Gasteiger partial charge in [-0.1, -0.05) is 19.8 Å². The van der Waals surface area contributed by atoms with Gasteiger partial charge in [-0.25, -0.2) is 4.79 Å². The van der Waals surface area contributed by atoms with Crippen LogP contribution in [-0.2, 0) is 4.79 Å². The molecule has 1 heterocycles. The number of aromatic nitrogens is 2. The molecule has 20 heavy (non-hydrogen) atoms. The van der Waals surface area contributed by atoms with Gasteiger partial charge in [-0.15, -0.1) is 10.2 Å². The lowest BCUT2D eigenvalue weighted by Crippen LogP contribution is -2.30. The molecular formula is C13H20N4O3. The zero-order valence-corrected chi connectivity index (χ0v) is 12.0. The third-order valence-electron chi connectivity index (χ3n) is 2.76. The van der Waals surface area contributed by atoms with Gasteiger partial charge < -0.3 is 15.3 Å². The lowest BCUT2D eigenvalue weighted by atomic mass is 10.1. The summed E-state index contributed by atoms with van der Waals surface area (Å²) in [5.41, 5.74) is 0.223. The molecule has 7 nitrogen and oxygen atoms in total. The number of hydrogen-bond acceptors (Lipinski definition) is 5. The van der Waals surface area contributed by atoms with Crippen LogP contribution in [0.4, 0.5) is 5.82 Å². The Labute approximate surface area is 118 Å². The molecule has 0 bridgehead atoms. The number of carbonyl (C=O) groups is 2. The summed E-state index contributed by atoms with van der Waals surface area (Å²) in [5, 5.41) is 19.6. The van der Waals surface area contributed by atoms with Crippen LogP contribution in [0.3, 0.4) is 0 Å². The van der Waals surface area contributed by atoms with Gasteiger partial charge in [-0.05, 0) is 18.6 Å². The van der Waals surface area contributed by atoms with Crippen LogP contribution in [0.25, 0.3) is 0 Å². The average Bonchev–Trinajstić information content (AvgIpc) is 2.42. The average molecular weight is 280 g/mol. The Balaban J connectivity index is 2.72. The molecule has 1 rings (SSSR count). The van der Waals surface area contributed by atoms with Crippen LogP contribution < -0.4 is 5.32 Å². The zero-order chi connectivity index (χ0) is 15.1. The van der Waals surface area contributed by atoms with Crippen molar-refractivity contribution in [2.45, 2.75) is 32.2 Å². The number of unbranched alkanes of at least 4 members (excludes halogenated alkanes) is 1. The second-order valence-electron chi connectivity index (χ2n) is 4.68. The molecule has 0 fully saturated rings. The number of hydrogen-bond donors (Lipinski definition) is 2. The summed E-state index contributed by atoms with van der Waals surface area (Å²) in [7, 11) is 3.25. The van der Waals surface area contributed by atoms with Crippen LogP contribution in [0.5, 0.6) is 0 Å². The van der Waals surface area contributed by atoms with Crippen molar-refractivity contribution in [2.75, 3.05) is 19.4 Å². The van der Waals surface area contributed by atoms with Gasteiger partial charge >= 0.3 is 5.97 Å². The van der Waals surface area contributed by atoms with Gasteiger partial charge in [0, 0.05) is 14.1 Å². The van der Waals surface area contributed by atoms with Crippen molar-refractivity contribution in [3.8, 4) is 0 Å². The molecule has 0 saturated carbocycles. The summed E-state index contributed by atoms with van der Waals surface area (Å²) in [5.74, 6) is -0.817. The molecule has 1 aromatic rings. The van der Waals surface area contributed by atoms with Gasteiger partial charge in [-0.3, -0.25) is 4.79 Å². The quantitative estimate of drug-likeness (QED) is 0.780. The maximum absolute atomic E-state index is 11.6. The summed E-state index contributed by atoms with van der Waals surface area (Å²) in [4.78, 5) is 24.1. The minimum Gasteiger partial charge on any atom is -0.480 e. The van der Waals surface area contributed by atoms with E-state index in [0.29, 0.717) is 12.2 Å². The number of rotatable bonds is 7. The molecule has 0 aliphatic carbocycles. The number of carboxylic acid groups (broad SMARTS) is 1. The first-order valence-corrected chi connectivity index (χ1v) is 6.50. The van der Waals surface area contributed by atoms with Gasteiger partial charge in [0.2, 0.25) is 0 Å². The number of amides is 1. The summed E-state index contributed by atoms with van der Waals surface area (Å²) < 4.78 is 0. The van der Waals surface area contributed by atoms with E-state index in [1.807, 2.05) is 6.92 Å². The molecule has 0 aliphatic rings. The molecule has 0 radical (unpaired) electrons. The molecule has 1 amide bonds. The number of nitrogens with one attached hydrogen (secondary N) is 1. The first-order chi connectivity index (χ1) is 9.45. The van der Waals surface area contributed by atoms with E-state index in [4.69, 9.17) is 5.11 Å². The van der Waals surface area contributed by atoms with Crippen LogP contribution >= 0.6 is 0 Å². The fourth-order valence-electron chi connectivity index (χ4n) is 1.60. The van der Waals surface area contributed by atoms with E-state index in [9.17, 15) is 9.59 Å². The van der Waals surface area contributed by atoms with Gasteiger partial charge in [0.1, 0.15) is 11.9 Å². The number of carboxylic acids is 1. The summed E-state index contributed by atoms with van der Waals surface area (Å²) >= 11 is 0. The highest BCUT2D eigenvalue weighted by Gasteiger charge is 2.17. The highest BCUT2D eigenvalue weighted by Crippen LogP contribution is 2.09. The van der Waals surface area contributed by atoms with Crippen LogP contribution in [0, 0.1) is 0 Å². The Hall–Kier alpha value is -2.18. The largest absolute Gasteiger partial charge is 0.480 e. The Morgan fingerprint density at radius 2 is 2.05 bits per heavy atom. The molecule has 1 unspecified atom stereocenters. The molecule has 0 aromatic carbocycles. The molecule has 110 valence electrons. The summed E-state index contributed by atoms with van der Waals surface area (Å²) in [6.07, 6.45) is 2.26. The monoisotopic (exact) mass is 280 g/mol. The Morgan fingerprint density at radius 3 is 2.50 bits per heavy atom. The summed E-state index contributed by atoms with van der Waals surface area (Å²) in [6.45, 7) is 2.00. The van der Waals surface area contributed by atoms with Crippen LogP contribution in [0.15, 0.2) is 12.1 Å². The highest BCUT2D eigenvalue weighted by atomic mass is 16.4. The van der Waals surface area contributed by atoms with E-state index in [0.717, 1.165) is 12.8 Å². The highest BCUT2D eigenvalue weighted by molar-refractivity contribution is 5.91. The van der Waals surface area contributed by atoms with Crippen LogP contribution in [0.2, 0.25) is 0 Å². The third-order valence-corrected chi connectivity index (χ3v) is 2.76. The Morgan fingerprint density at radius 1 is 1.35 bits per heavy atom. The van der Waals surface area contributed by atoms with Crippen molar-refractivity contribution in [1.82, 2.24) is 15.1 Å². The normalized spacial score (nSPS) is 11.8. The maximum Gasteiger partial charge on any atom is 0.326 e. The van der Waals surface area contributed by atoms with Crippen LogP contribution in [0.1, 0.15) is 36.7 Å². The SMILES string of the molecule is CCCCC(Nc1ccc(C(=O)N(C)C)nn1)C(=O)O. The maximum atomic E-state index is 11.6. The number of carbonyl (C=O) groups excluding carboxylic acids is 1. The van der Waals surface area contributed by atoms with Crippen molar-refractivity contribution < 1.29 is 14.7 Å².